The van der Waals surface area contributed by atoms with Gasteiger partial charge in [0, 0.05) is 12.1 Å². The third kappa shape index (κ3) is 1.94. The molecule has 0 N–H and O–H groups in total. The zero-order valence-corrected chi connectivity index (χ0v) is 9.07. The fourth-order valence-electron chi connectivity index (χ4n) is 1.26. The quantitative estimate of drug-likeness (QED) is 0.752. The van der Waals surface area contributed by atoms with E-state index >= 15 is 0 Å². The molecular weight excluding hydrogens is 233 g/mol. The normalized spacial score (nSPS) is 10.4. The standard InChI is InChI=1S/C10H7ClFN3O/c1-15-5-9(13-14-15)10(16)7-3-2-6(11)4-8(7)12/h2-5H,1H3. The van der Waals surface area contributed by atoms with E-state index in [0.717, 1.165) is 6.07 Å². The molecule has 2 rings (SSSR count). The number of benzene rings is 1. The number of hydrogen-bond donors (Lipinski definition) is 0. The van der Waals surface area contributed by atoms with E-state index in [2.05, 4.69) is 10.3 Å². The molecule has 2 aromatic rings. The van der Waals surface area contributed by atoms with Crippen molar-refractivity contribution in [1.82, 2.24) is 15.0 Å². The molecule has 16 heavy (non-hydrogen) atoms. The summed E-state index contributed by atoms with van der Waals surface area (Å²) in [5, 5.41) is 7.47. The Morgan fingerprint density at radius 1 is 1.50 bits per heavy atom. The molecule has 0 saturated heterocycles. The van der Waals surface area contributed by atoms with Crippen LogP contribution < -0.4 is 0 Å². The van der Waals surface area contributed by atoms with E-state index in [-0.39, 0.29) is 16.3 Å². The Labute approximate surface area is 95.6 Å². The molecule has 0 saturated carbocycles. The molecule has 1 heterocycles. The van der Waals surface area contributed by atoms with E-state index in [9.17, 15) is 9.18 Å². The molecule has 1 aromatic heterocycles. The Morgan fingerprint density at radius 2 is 2.25 bits per heavy atom. The zero-order chi connectivity index (χ0) is 11.7. The van der Waals surface area contributed by atoms with E-state index in [1.165, 1.54) is 23.0 Å². The molecule has 82 valence electrons. The first-order valence-corrected chi connectivity index (χ1v) is 4.82. The highest BCUT2D eigenvalue weighted by atomic mass is 35.5. The van der Waals surface area contributed by atoms with Gasteiger partial charge in [-0.15, -0.1) is 5.10 Å². The van der Waals surface area contributed by atoms with Gasteiger partial charge in [-0.2, -0.15) is 0 Å². The van der Waals surface area contributed by atoms with Crippen LogP contribution in [-0.2, 0) is 7.05 Å². The molecule has 0 aliphatic carbocycles. The second-order valence-corrected chi connectivity index (χ2v) is 3.67. The third-order valence-electron chi connectivity index (χ3n) is 2.01. The van der Waals surface area contributed by atoms with Gasteiger partial charge in [0.05, 0.1) is 11.8 Å². The van der Waals surface area contributed by atoms with Crippen LogP contribution in [0.15, 0.2) is 24.4 Å². The predicted octanol–water partition coefficient (Wildman–Crippen LogP) is 1.84. The van der Waals surface area contributed by atoms with Gasteiger partial charge in [-0.3, -0.25) is 9.48 Å². The average Bonchev–Trinajstić information content (AvgIpc) is 2.64. The van der Waals surface area contributed by atoms with Crippen molar-refractivity contribution >= 4 is 17.4 Å². The lowest BCUT2D eigenvalue weighted by Gasteiger charge is -1.99. The number of nitrogens with zero attached hydrogens (tertiary/aromatic N) is 3. The molecular formula is C10H7ClFN3O. The summed E-state index contributed by atoms with van der Waals surface area (Å²) < 4.78 is 14.8. The fraction of sp³-hybridized carbons (Fsp3) is 0.100. The number of ketones is 1. The van der Waals surface area contributed by atoms with Crippen LogP contribution in [0, 0.1) is 5.82 Å². The molecule has 0 fully saturated rings. The summed E-state index contributed by atoms with van der Waals surface area (Å²) in [5.41, 5.74) is 0.0358. The van der Waals surface area contributed by atoms with Gasteiger partial charge in [0.25, 0.3) is 0 Å². The van der Waals surface area contributed by atoms with Crippen LogP contribution in [0.3, 0.4) is 0 Å². The second kappa shape index (κ2) is 4.02. The first kappa shape index (κ1) is 10.8. The highest BCUT2D eigenvalue weighted by molar-refractivity contribution is 6.30. The van der Waals surface area contributed by atoms with Crippen molar-refractivity contribution in [1.29, 1.82) is 0 Å². The first-order chi connectivity index (χ1) is 7.58. The molecule has 6 heteroatoms. The minimum atomic E-state index is -0.664. The average molecular weight is 240 g/mol. The number of aryl methyl sites for hydroxylation is 1. The number of rotatable bonds is 2. The summed E-state index contributed by atoms with van der Waals surface area (Å²) in [5.74, 6) is -1.18. The van der Waals surface area contributed by atoms with Gasteiger partial charge < -0.3 is 0 Å². The highest BCUT2D eigenvalue weighted by Crippen LogP contribution is 2.16. The Hall–Kier alpha value is -1.75. The van der Waals surface area contributed by atoms with Crippen molar-refractivity contribution in [3.05, 3.63) is 46.5 Å². The highest BCUT2D eigenvalue weighted by Gasteiger charge is 2.16. The molecule has 0 radical (unpaired) electrons. The van der Waals surface area contributed by atoms with Gasteiger partial charge in [0.15, 0.2) is 5.69 Å². The van der Waals surface area contributed by atoms with Crippen LogP contribution in [0.4, 0.5) is 4.39 Å². The summed E-state index contributed by atoms with van der Waals surface area (Å²) in [7, 11) is 1.63. The van der Waals surface area contributed by atoms with Gasteiger partial charge in [0.2, 0.25) is 5.78 Å². The summed E-state index contributed by atoms with van der Waals surface area (Å²) in [6.45, 7) is 0. The maximum Gasteiger partial charge on any atom is 0.217 e. The van der Waals surface area contributed by atoms with Crippen molar-refractivity contribution in [3.63, 3.8) is 0 Å². The zero-order valence-electron chi connectivity index (χ0n) is 8.32. The van der Waals surface area contributed by atoms with Crippen molar-refractivity contribution in [3.8, 4) is 0 Å². The summed E-state index contributed by atoms with van der Waals surface area (Å²) >= 11 is 5.59. The van der Waals surface area contributed by atoms with Gasteiger partial charge in [0.1, 0.15) is 5.82 Å². The lowest BCUT2D eigenvalue weighted by molar-refractivity contribution is 0.103. The van der Waals surface area contributed by atoms with E-state index < -0.39 is 11.6 Å². The molecule has 0 unspecified atom stereocenters. The number of halogens is 2. The van der Waals surface area contributed by atoms with Gasteiger partial charge >= 0.3 is 0 Å². The Balaban J connectivity index is 2.41. The Bertz CT molecular complexity index is 553. The van der Waals surface area contributed by atoms with Crippen LogP contribution in [0.5, 0.6) is 0 Å². The van der Waals surface area contributed by atoms with Crippen LogP contribution in [0.25, 0.3) is 0 Å². The number of hydrogen-bond acceptors (Lipinski definition) is 3. The maximum atomic E-state index is 13.4. The topological polar surface area (TPSA) is 47.8 Å². The summed E-state index contributed by atoms with van der Waals surface area (Å²) in [6, 6.07) is 3.87. The van der Waals surface area contributed by atoms with Gasteiger partial charge in [-0.25, -0.2) is 4.39 Å². The molecule has 0 aliphatic rings. The fourth-order valence-corrected chi connectivity index (χ4v) is 1.42. The Morgan fingerprint density at radius 3 is 2.81 bits per heavy atom. The minimum Gasteiger partial charge on any atom is -0.287 e. The SMILES string of the molecule is Cn1cc(C(=O)c2ccc(Cl)cc2F)nn1. The van der Waals surface area contributed by atoms with Crippen molar-refractivity contribution in [2.75, 3.05) is 0 Å². The second-order valence-electron chi connectivity index (χ2n) is 3.23. The summed E-state index contributed by atoms with van der Waals surface area (Å²) in [6.07, 6.45) is 1.43. The lowest BCUT2D eigenvalue weighted by atomic mass is 10.1. The number of aromatic nitrogens is 3. The predicted molar refractivity (Wildman–Crippen MR) is 55.8 cm³/mol. The monoisotopic (exact) mass is 239 g/mol. The molecule has 4 nitrogen and oxygen atoms in total. The van der Waals surface area contributed by atoms with Crippen LogP contribution in [-0.4, -0.2) is 20.8 Å². The number of carbonyl (C=O) groups excluding carboxylic acids is 1. The third-order valence-corrected chi connectivity index (χ3v) is 2.25. The molecule has 0 amide bonds. The van der Waals surface area contributed by atoms with Crippen molar-refractivity contribution < 1.29 is 9.18 Å². The van der Waals surface area contributed by atoms with E-state index in [1.54, 1.807) is 7.05 Å². The van der Waals surface area contributed by atoms with Crippen molar-refractivity contribution in [2.45, 2.75) is 0 Å². The molecule has 0 atom stereocenters. The van der Waals surface area contributed by atoms with Crippen LogP contribution >= 0.6 is 11.6 Å². The van der Waals surface area contributed by atoms with Crippen LogP contribution in [0.1, 0.15) is 16.1 Å². The molecule has 0 spiro atoms. The van der Waals surface area contributed by atoms with E-state index in [4.69, 9.17) is 11.6 Å². The first-order valence-electron chi connectivity index (χ1n) is 4.44. The molecule has 0 bridgehead atoms. The smallest absolute Gasteiger partial charge is 0.217 e. The van der Waals surface area contributed by atoms with E-state index in [0.29, 0.717) is 0 Å². The van der Waals surface area contributed by atoms with Gasteiger partial charge in [-0.05, 0) is 18.2 Å². The molecule has 1 aromatic carbocycles. The lowest BCUT2D eigenvalue weighted by Crippen LogP contribution is -2.04. The molecule has 0 aliphatic heterocycles. The Kier molecular flexibility index (Phi) is 2.70. The maximum absolute atomic E-state index is 13.4. The number of carbonyl (C=O) groups is 1. The van der Waals surface area contributed by atoms with Crippen molar-refractivity contribution in [2.24, 2.45) is 7.05 Å². The van der Waals surface area contributed by atoms with E-state index in [1.807, 2.05) is 0 Å². The van der Waals surface area contributed by atoms with Gasteiger partial charge in [-0.1, -0.05) is 16.8 Å². The largest absolute Gasteiger partial charge is 0.287 e. The van der Waals surface area contributed by atoms with Crippen LogP contribution in [0.2, 0.25) is 5.02 Å². The minimum absolute atomic E-state index is 0.0649. The summed E-state index contributed by atoms with van der Waals surface area (Å²) in [4.78, 5) is 11.8.